The number of hydrogen-bond acceptors (Lipinski definition) is 5. The van der Waals surface area contributed by atoms with Crippen LogP contribution in [0.4, 0.5) is 5.69 Å². The Labute approximate surface area is 145 Å². The zero-order valence-corrected chi connectivity index (χ0v) is 14.2. The fraction of sp³-hybridized carbons (Fsp3) is 0.118. The summed E-state index contributed by atoms with van der Waals surface area (Å²) >= 11 is 0. The van der Waals surface area contributed by atoms with Gasteiger partial charge in [-0.15, -0.1) is 10.2 Å². The highest BCUT2D eigenvalue weighted by molar-refractivity contribution is 7.92. The van der Waals surface area contributed by atoms with Gasteiger partial charge in [0.1, 0.15) is 6.33 Å². The molecule has 1 N–H and O–H groups in total. The zero-order chi connectivity index (χ0) is 17.9. The van der Waals surface area contributed by atoms with Crippen LogP contribution in [0.2, 0.25) is 0 Å². The molecule has 0 aliphatic carbocycles. The fourth-order valence-corrected chi connectivity index (χ4v) is 3.47. The van der Waals surface area contributed by atoms with Crippen molar-refractivity contribution in [3.05, 3.63) is 60.4 Å². The molecule has 25 heavy (non-hydrogen) atoms. The molecule has 1 heterocycles. The number of sulfonamides is 1. The molecule has 0 atom stereocenters. The molecule has 0 radical (unpaired) electrons. The van der Waals surface area contributed by atoms with Gasteiger partial charge >= 0.3 is 0 Å². The van der Waals surface area contributed by atoms with Crippen LogP contribution in [0.5, 0.6) is 0 Å². The van der Waals surface area contributed by atoms with Gasteiger partial charge in [-0.3, -0.25) is 4.72 Å². The molecule has 0 unspecified atom stereocenters. The Morgan fingerprint density at radius 1 is 1.20 bits per heavy atom. The largest absolute Gasteiger partial charge is 0.314 e. The maximum Gasteiger partial charge on any atom is 0.261 e. The van der Waals surface area contributed by atoms with Crippen molar-refractivity contribution >= 4 is 15.7 Å². The predicted octanol–water partition coefficient (Wildman–Crippen LogP) is 2.64. The molecule has 0 fully saturated rings. The van der Waals surface area contributed by atoms with Crippen molar-refractivity contribution in [2.75, 3.05) is 4.72 Å². The van der Waals surface area contributed by atoms with E-state index >= 15 is 0 Å². The Kier molecular flexibility index (Phi) is 4.50. The van der Waals surface area contributed by atoms with Crippen molar-refractivity contribution in [2.45, 2.75) is 18.4 Å². The van der Waals surface area contributed by atoms with Crippen LogP contribution in [0.15, 0.2) is 59.8 Å². The molecule has 3 rings (SSSR count). The van der Waals surface area contributed by atoms with E-state index in [0.29, 0.717) is 18.1 Å². The minimum Gasteiger partial charge on any atom is -0.314 e. The third kappa shape index (κ3) is 3.51. The monoisotopic (exact) mass is 353 g/mol. The average molecular weight is 353 g/mol. The number of aromatic nitrogens is 3. The van der Waals surface area contributed by atoms with E-state index in [-0.39, 0.29) is 10.5 Å². The number of aryl methyl sites for hydroxylation is 1. The van der Waals surface area contributed by atoms with Crippen LogP contribution in [-0.4, -0.2) is 23.2 Å². The molecule has 7 nitrogen and oxygen atoms in total. The van der Waals surface area contributed by atoms with Gasteiger partial charge in [0, 0.05) is 17.8 Å². The predicted molar refractivity (Wildman–Crippen MR) is 93.1 cm³/mol. The SMILES string of the molecule is CCn1cnnc1-c1cccc(NS(=O)(=O)c2cccc(C#N)c2)c1. The first-order valence-electron chi connectivity index (χ1n) is 7.54. The molecule has 2 aromatic carbocycles. The normalized spacial score (nSPS) is 11.0. The molecule has 0 aliphatic rings. The second kappa shape index (κ2) is 6.75. The number of nitrogens with one attached hydrogen (secondary N) is 1. The van der Waals surface area contributed by atoms with Crippen LogP contribution in [0.1, 0.15) is 12.5 Å². The van der Waals surface area contributed by atoms with E-state index in [4.69, 9.17) is 5.26 Å². The maximum absolute atomic E-state index is 12.5. The first kappa shape index (κ1) is 16.7. The van der Waals surface area contributed by atoms with Crippen LogP contribution >= 0.6 is 0 Å². The first-order chi connectivity index (χ1) is 12.0. The molecule has 0 spiro atoms. The number of benzene rings is 2. The summed E-state index contributed by atoms with van der Waals surface area (Å²) in [6.07, 6.45) is 1.62. The second-order valence-electron chi connectivity index (χ2n) is 5.27. The van der Waals surface area contributed by atoms with Crippen molar-refractivity contribution in [1.82, 2.24) is 14.8 Å². The van der Waals surface area contributed by atoms with E-state index in [1.54, 1.807) is 30.6 Å². The lowest BCUT2D eigenvalue weighted by Gasteiger charge is -2.10. The molecule has 0 bridgehead atoms. The summed E-state index contributed by atoms with van der Waals surface area (Å²) in [5, 5.41) is 16.9. The Morgan fingerprint density at radius 3 is 2.76 bits per heavy atom. The van der Waals surface area contributed by atoms with Gasteiger partial charge in [0.05, 0.1) is 16.5 Å². The molecule has 3 aromatic rings. The van der Waals surface area contributed by atoms with Crippen molar-refractivity contribution in [3.63, 3.8) is 0 Å². The van der Waals surface area contributed by atoms with Crippen molar-refractivity contribution in [2.24, 2.45) is 0 Å². The standard InChI is InChI=1S/C17H15N5O2S/c1-2-22-12-19-20-17(22)14-6-4-7-15(10-14)21-25(23,24)16-8-3-5-13(9-16)11-18/h3-10,12,21H,2H2,1H3. The summed E-state index contributed by atoms with van der Waals surface area (Å²) in [4.78, 5) is 0.0358. The number of anilines is 1. The Hall–Kier alpha value is -3.18. The van der Waals surface area contributed by atoms with E-state index in [1.165, 1.54) is 18.2 Å². The topological polar surface area (TPSA) is 101 Å². The van der Waals surface area contributed by atoms with E-state index < -0.39 is 10.0 Å². The summed E-state index contributed by atoms with van der Waals surface area (Å²) in [5.41, 5.74) is 1.45. The van der Waals surface area contributed by atoms with Crippen LogP contribution < -0.4 is 4.72 Å². The van der Waals surface area contributed by atoms with Crippen LogP contribution in [0.3, 0.4) is 0 Å². The van der Waals surface area contributed by atoms with E-state index in [2.05, 4.69) is 14.9 Å². The van der Waals surface area contributed by atoms with Gasteiger partial charge in [0.25, 0.3) is 10.0 Å². The molecule has 0 aliphatic heterocycles. The first-order valence-corrected chi connectivity index (χ1v) is 9.03. The van der Waals surface area contributed by atoms with Crippen molar-refractivity contribution in [3.8, 4) is 17.5 Å². The Bertz CT molecular complexity index is 1050. The third-order valence-corrected chi connectivity index (χ3v) is 4.98. The summed E-state index contributed by atoms with van der Waals surface area (Å²) in [5.74, 6) is 0.662. The smallest absolute Gasteiger partial charge is 0.261 e. The maximum atomic E-state index is 12.5. The second-order valence-corrected chi connectivity index (χ2v) is 6.95. The number of rotatable bonds is 5. The molecule has 0 saturated heterocycles. The molecule has 1 aromatic heterocycles. The third-order valence-electron chi connectivity index (χ3n) is 3.60. The van der Waals surface area contributed by atoms with Gasteiger partial charge in [-0.2, -0.15) is 5.26 Å². The van der Waals surface area contributed by atoms with Crippen LogP contribution in [0.25, 0.3) is 11.4 Å². The number of nitriles is 1. The van der Waals surface area contributed by atoms with Crippen molar-refractivity contribution in [1.29, 1.82) is 5.26 Å². The molecule has 0 amide bonds. The lowest BCUT2D eigenvalue weighted by Crippen LogP contribution is -2.13. The fourth-order valence-electron chi connectivity index (χ4n) is 2.38. The summed E-state index contributed by atoms with van der Waals surface area (Å²) in [6, 6.07) is 14.7. The molecule has 0 saturated carbocycles. The van der Waals surface area contributed by atoms with Gasteiger partial charge in [0.15, 0.2) is 5.82 Å². The lowest BCUT2D eigenvalue weighted by molar-refractivity contribution is 0.601. The quantitative estimate of drug-likeness (QED) is 0.760. The van der Waals surface area contributed by atoms with E-state index in [0.717, 1.165) is 5.56 Å². The number of hydrogen-bond donors (Lipinski definition) is 1. The minimum atomic E-state index is -3.79. The highest BCUT2D eigenvalue weighted by Gasteiger charge is 2.15. The Morgan fingerprint density at radius 2 is 2.00 bits per heavy atom. The zero-order valence-electron chi connectivity index (χ0n) is 13.4. The van der Waals surface area contributed by atoms with E-state index in [9.17, 15) is 8.42 Å². The van der Waals surface area contributed by atoms with Gasteiger partial charge < -0.3 is 4.57 Å². The molecular weight excluding hydrogens is 338 g/mol. The molecule has 126 valence electrons. The minimum absolute atomic E-state index is 0.0358. The van der Waals surface area contributed by atoms with Gasteiger partial charge in [-0.05, 0) is 37.3 Å². The van der Waals surface area contributed by atoms with Crippen LogP contribution in [-0.2, 0) is 16.6 Å². The van der Waals surface area contributed by atoms with E-state index in [1.807, 2.05) is 23.6 Å². The lowest BCUT2D eigenvalue weighted by atomic mass is 10.2. The highest BCUT2D eigenvalue weighted by atomic mass is 32.2. The highest BCUT2D eigenvalue weighted by Crippen LogP contribution is 2.23. The molecular formula is C17H15N5O2S. The summed E-state index contributed by atoms with van der Waals surface area (Å²) in [6.45, 7) is 2.68. The van der Waals surface area contributed by atoms with Crippen LogP contribution in [0, 0.1) is 11.3 Å². The van der Waals surface area contributed by atoms with Gasteiger partial charge in [-0.25, -0.2) is 8.42 Å². The summed E-state index contributed by atoms with van der Waals surface area (Å²) < 4.78 is 29.5. The Balaban J connectivity index is 1.93. The van der Waals surface area contributed by atoms with Gasteiger partial charge in [-0.1, -0.05) is 18.2 Å². The van der Waals surface area contributed by atoms with Crippen molar-refractivity contribution < 1.29 is 8.42 Å². The summed E-state index contributed by atoms with van der Waals surface area (Å²) in [7, 11) is -3.79. The number of nitrogens with zero attached hydrogens (tertiary/aromatic N) is 4. The molecule has 8 heteroatoms. The van der Waals surface area contributed by atoms with Gasteiger partial charge in [0.2, 0.25) is 0 Å². The average Bonchev–Trinajstić information content (AvgIpc) is 3.10.